The van der Waals surface area contributed by atoms with Crippen molar-refractivity contribution in [1.82, 2.24) is 0 Å². The molecule has 0 aromatic heterocycles. The van der Waals surface area contributed by atoms with Crippen LogP contribution in [0, 0.1) is 0 Å². The van der Waals surface area contributed by atoms with Crippen LogP contribution >= 0.6 is 11.6 Å². The third kappa shape index (κ3) is 3.89. The van der Waals surface area contributed by atoms with Gasteiger partial charge < -0.3 is 15.8 Å². The zero-order valence-electron chi connectivity index (χ0n) is 10.1. The fourth-order valence-corrected chi connectivity index (χ4v) is 1.66. The van der Waals surface area contributed by atoms with Crippen LogP contribution in [0.1, 0.15) is 0 Å². The summed E-state index contributed by atoms with van der Waals surface area (Å²) in [6.45, 7) is -0.103. The zero-order chi connectivity index (χ0) is 13.7. The second-order valence-electron chi connectivity index (χ2n) is 3.89. The van der Waals surface area contributed by atoms with Gasteiger partial charge in [-0.25, -0.2) is 0 Å². The Labute approximate surface area is 116 Å². The number of nitrogen functional groups attached to an aromatic ring is 1. The number of hydrogen-bond donors (Lipinski definition) is 2. The van der Waals surface area contributed by atoms with Crippen LogP contribution < -0.4 is 15.8 Å². The van der Waals surface area contributed by atoms with Crippen molar-refractivity contribution in [3.8, 4) is 5.75 Å². The molecule has 98 valence electrons. The third-order valence-electron chi connectivity index (χ3n) is 2.39. The van der Waals surface area contributed by atoms with Gasteiger partial charge in [-0.15, -0.1) is 0 Å². The molecule has 2 rings (SSSR count). The summed E-state index contributed by atoms with van der Waals surface area (Å²) in [6, 6.07) is 13.9. The molecule has 0 radical (unpaired) electrons. The topological polar surface area (TPSA) is 64.3 Å². The molecule has 0 aliphatic rings. The standard InChI is InChI=1S/C14H13ClN2O2/c15-12-3-1-2-4-13(12)19-9-14(18)17-11-7-5-10(16)6-8-11/h1-8H,9,16H2,(H,17,18). The first-order valence-corrected chi connectivity index (χ1v) is 6.05. The number of ether oxygens (including phenoxy) is 1. The highest BCUT2D eigenvalue weighted by molar-refractivity contribution is 6.32. The maximum absolute atomic E-state index is 11.7. The highest BCUT2D eigenvalue weighted by Gasteiger charge is 2.05. The third-order valence-corrected chi connectivity index (χ3v) is 2.70. The molecule has 0 spiro atoms. The number of anilines is 2. The van der Waals surface area contributed by atoms with Gasteiger partial charge in [-0.2, -0.15) is 0 Å². The Kier molecular flexibility index (Phi) is 4.26. The molecule has 1 amide bonds. The largest absolute Gasteiger partial charge is 0.482 e. The lowest BCUT2D eigenvalue weighted by Crippen LogP contribution is -2.20. The SMILES string of the molecule is Nc1ccc(NC(=O)COc2ccccc2Cl)cc1. The van der Waals surface area contributed by atoms with Crippen molar-refractivity contribution < 1.29 is 9.53 Å². The van der Waals surface area contributed by atoms with Crippen molar-refractivity contribution in [1.29, 1.82) is 0 Å². The first-order chi connectivity index (χ1) is 9.15. The Morgan fingerprint density at radius 1 is 1.16 bits per heavy atom. The van der Waals surface area contributed by atoms with E-state index in [1.54, 1.807) is 48.5 Å². The number of benzene rings is 2. The van der Waals surface area contributed by atoms with Crippen molar-refractivity contribution in [3.05, 3.63) is 53.6 Å². The molecule has 4 nitrogen and oxygen atoms in total. The number of amides is 1. The van der Waals surface area contributed by atoms with Crippen LogP contribution in [0.15, 0.2) is 48.5 Å². The van der Waals surface area contributed by atoms with Crippen molar-refractivity contribution in [3.63, 3.8) is 0 Å². The minimum absolute atomic E-state index is 0.103. The molecule has 0 saturated carbocycles. The average molecular weight is 277 g/mol. The lowest BCUT2D eigenvalue weighted by Gasteiger charge is -2.08. The molecular formula is C14H13ClN2O2. The van der Waals surface area contributed by atoms with E-state index in [1.165, 1.54) is 0 Å². The van der Waals surface area contributed by atoms with Crippen LogP contribution in [0.5, 0.6) is 5.75 Å². The van der Waals surface area contributed by atoms with Gasteiger partial charge in [0.1, 0.15) is 5.75 Å². The summed E-state index contributed by atoms with van der Waals surface area (Å²) >= 11 is 5.91. The van der Waals surface area contributed by atoms with Gasteiger partial charge in [-0.1, -0.05) is 23.7 Å². The van der Waals surface area contributed by atoms with Gasteiger partial charge in [-0.3, -0.25) is 4.79 Å². The van der Waals surface area contributed by atoms with E-state index >= 15 is 0 Å². The summed E-state index contributed by atoms with van der Waals surface area (Å²) < 4.78 is 5.33. The minimum Gasteiger partial charge on any atom is -0.482 e. The second-order valence-corrected chi connectivity index (χ2v) is 4.30. The monoisotopic (exact) mass is 276 g/mol. The van der Waals surface area contributed by atoms with Gasteiger partial charge in [0.25, 0.3) is 5.91 Å². The summed E-state index contributed by atoms with van der Waals surface area (Å²) in [5.74, 6) is 0.223. The number of carbonyl (C=O) groups is 1. The Morgan fingerprint density at radius 3 is 2.53 bits per heavy atom. The van der Waals surface area contributed by atoms with E-state index in [0.717, 1.165) is 0 Å². The van der Waals surface area contributed by atoms with Crippen LogP contribution in [-0.2, 0) is 4.79 Å². The molecule has 0 fully saturated rings. The highest BCUT2D eigenvalue weighted by Crippen LogP contribution is 2.22. The fraction of sp³-hybridized carbons (Fsp3) is 0.0714. The molecule has 0 aliphatic carbocycles. The molecule has 2 aromatic carbocycles. The van der Waals surface area contributed by atoms with E-state index in [9.17, 15) is 4.79 Å². The van der Waals surface area contributed by atoms with Crippen LogP contribution in [0.4, 0.5) is 11.4 Å². The molecule has 0 bridgehead atoms. The zero-order valence-corrected chi connectivity index (χ0v) is 10.9. The van der Waals surface area contributed by atoms with E-state index < -0.39 is 0 Å². The molecule has 0 aliphatic heterocycles. The van der Waals surface area contributed by atoms with E-state index in [2.05, 4.69) is 5.32 Å². The number of nitrogens with two attached hydrogens (primary N) is 1. The van der Waals surface area contributed by atoms with Crippen molar-refractivity contribution in [2.45, 2.75) is 0 Å². The Balaban J connectivity index is 1.88. The maximum atomic E-state index is 11.7. The summed E-state index contributed by atoms with van der Waals surface area (Å²) in [4.78, 5) is 11.7. The Hall–Kier alpha value is -2.20. The van der Waals surface area contributed by atoms with E-state index in [0.29, 0.717) is 22.1 Å². The predicted molar refractivity (Wildman–Crippen MR) is 76.4 cm³/mol. The molecular weight excluding hydrogens is 264 g/mol. The van der Waals surface area contributed by atoms with Gasteiger partial charge in [-0.05, 0) is 36.4 Å². The molecule has 0 unspecified atom stereocenters. The molecule has 2 aromatic rings. The van der Waals surface area contributed by atoms with Crippen LogP contribution in [0.25, 0.3) is 0 Å². The van der Waals surface area contributed by atoms with Crippen LogP contribution in [-0.4, -0.2) is 12.5 Å². The van der Waals surface area contributed by atoms with E-state index in [-0.39, 0.29) is 12.5 Å². The van der Waals surface area contributed by atoms with E-state index in [1.807, 2.05) is 0 Å². The van der Waals surface area contributed by atoms with Gasteiger partial charge in [0.15, 0.2) is 6.61 Å². The number of hydrogen-bond acceptors (Lipinski definition) is 3. The van der Waals surface area contributed by atoms with Crippen molar-refractivity contribution >= 4 is 28.9 Å². The first kappa shape index (κ1) is 13.2. The fourth-order valence-electron chi connectivity index (χ4n) is 1.47. The lowest BCUT2D eigenvalue weighted by atomic mass is 10.3. The molecule has 0 saturated heterocycles. The minimum atomic E-state index is -0.260. The molecule has 3 N–H and O–H groups in total. The van der Waals surface area contributed by atoms with Gasteiger partial charge in [0.05, 0.1) is 5.02 Å². The molecule has 19 heavy (non-hydrogen) atoms. The number of carbonyl (C=O) groups excluding carboxylic acids is 1. The van der Waals surface area contributed by atoms with Crippen LogP contribution in [0.2, 0.25) is 5.02 Å². The van der Waals surface area contributed by atoms with Crippen molar-refractivity contribution in [2.24, 2.45) is 0 Å². The predicted octanol–water partition coefficient (Wildman–Crippen LogP) is 2.94. The number of para-hydroxylation sites is 1. The van der Waals surface area contributed by atoms with E-state index in [4.69, 9.17) is 22.1 Å². The highest BCUT2D eigenvalue weighted by atomic mass is 35.5. The summed E-state index contributed by atoms with van der Waals surface area (Å²) in [6.07, 6.45) is 0. The van der Waals surface area contributed by atoms with Gasteiger partial charge in [0.2, 0.25) is 0 Å². The van der Waals surface area contributed by atoms with Gasteiger partial charge >= 0.3 is 0 Å². The average Bonchev–Trinajstić information content (AvgIpc) is 2.40. The maximum Gasteiger partial charge on any atom is 0.262 e. The molecule has 0 heterocycles. The lowest BCUT2D eigenvalue weighted by molar-refractivity contribution is -0.118. The molecule has 5 heteroatoms. The van der Waals surface area contributed by atoms with Crippen LogP contribution in [0.3, 0.4) is 0 Å². The Morgan fingerprint density at radius 2 is 1.84 bits per heavy atom. The summed E-state index contributed by atoms with van der Waals surface area (Å²) in [7, 11) is 0. The normalized spacial score (nSPS) is 9.95. The second kappa shape index (κ2) is 6.11. The first-order valence-electron chi connectivity index (χ1n) is 5.68. The van der Waals surface area contributed by atoms with Gasteiger partial charge in [0, 0.05) is 11.4 Å². The number of halogens is 1. The quantitative estimate of drug-likeness (QED) is 0.844. The number of nitrogens with one attached hydrogen (secondary N) is 1. The summed E-state index contributed by atoms with van der Waals surface area (Å²) in [5.41, 5.74) is 6.87. The molecule has 0 atom stereocenters. The smallest absolute Gasteiger partial charge is 0.262 e. The number of rotatable bonds is 4. The Bertz CT molecular complexity index is 570. The van der Waals surface area contributed by atoms with Crippen molar-refractivity contribution in [2.75, 3.05) is 17.7 Å². The summed E-state index contributed by atoms with van der Waals surface area (Å²) in [5, 5.41) is 3.17.